The molecule has 1 aromatic heterocycles. The fourth-order valence-corrected chi connectivity index (χ4v) is 4.14. The van der Waals surface area contributed by atoms with E-state index in [1.54, 1.807) is 26.4 Å². The topological polar surface area (TPSA) is 63.7 Å². The van der Waals surface area contributed by atoms with Crippen LogP contribution in [0.15, 0.2) is 30.5 Å². The minimum Gasteiger partial charge on any atom is -0.497 e. The van der Waals surface area contributed by atoms with Crippen LogP contribution in [0.3, 0.4) is 0 Å². The Morgan fingerprint density at radius 3 is 2.96 bits per heavy atom. The summed E-state index contributed by atoms with van der Waals surface area (Å²) in [5, 5.41) is 3.46. The van der Waals surface area contributed by atoms with Crippen LogP contribution in [0, 0.1) is 0 Å². The van der Waals surface area contributed by atoms with E-state index in [1.165, 1.54) is 41.6 Å². The van der Waals surface area contributed by atoms with Crippen molar-refractivity contribution in [3.05, 3.63) is 40.9 Å². The lowest BCUT2D eigenvalue weighted by molar-refractivity contribution is -0.111. The van der Waals surface area contributed by atoms with Gasteiger partial charge in [-0.3, -0.25) is 15.0 Å². The number of carbonyl (C=O) groups excluding carboxylic acids is 1. The predicted molar refractivity (Wildman–Crippen MR) is 113 cm³/mol. The molecule has 28 heavy (non-hydrogen) atoms. The molecule has 1 aromatic carbocycles. The number of methoxy groups -OCH3 is 2. The van der Waals surface area contributed by atoms with E-state index in [0.717, 1.165) is 18.7 Å². The van der Waals surface area contributed by atoms with Crippen molar-refractivity contribution < 1.29 is 14.3 Å². The van der Waals surface area contributed by atoms with Crippen LogP contribution in [-0.4, -0.2) is 42.6 Å². The van der Waals surface area contributed by atoms with Crippen LogP contribution in [0.1, 0.15) is 36.6 Å². The average molecular weight is 402 g/mol. The second-order valence-electron chi connectivity index (χ2n) is 6.88. The van der Waals surface area contributed by atoms with E-state index in [4.69, 9.17) is 9.47 Å². The molecule has 0 saturated carbocycles. The Kier molecular flexibility index (Phi) is 7.06. The number of aromatic nitrogens is 1. The molecule has 0 aliphatic carbocycles. The number of nitrogens with one attached hydrogen (secondary N) is 1. The third-order valence-corrected chi connectivity index (χ3v) is 5.84. The molecule has 6 nitrogen and oxygen atoms in total. The SMILES string of the molecule is COc1ccc(/C=C/C(=O)Nc2ncc(CN3CCCCC3C)s2)c(OC)c1. The first-order chi connectivity index (χ1) is 13.6. The number of hydrogen-bond acceptors (Lipinski definition) is 6. The molecule has 3 rings (SSSR count). The number of ether oxygens (including phenoxy) is 2. The van der Waals surface area contributed by atoms with Gasteiger partial charge in [0.15, 0.2) is 5.13 Å². The lowest BCUT2D eigenvalue weighted by Gasteiger charge is -2.32. The summed E-state index contributed by atoms with van der Waals surface area (Å²) in [6, 6.07) is 6.07. The zero-order valence-corrected chi connectivity index (χ0v) is 17.4. The largest absolute Gasteiger partial charge is 0.497 e. The Labute approximate surface area is 170 Å². The molecule has 1 atom stereocenters. The number of rotatable bonds is 7. The van der Waals surface area contributed by atoms with Gasteiger partial charge >= 0.3 is 0 Å². The number of likely N-dealkylation sites (tertiary alicyclic amines) is 1. The molecule has 7 heteroatoms. The maximum Gasteiger partial charge on any atom is 0.250 e. The highest BCUT2D eigenvalue weighted by molar-refractivity contribution is 7.15. The van der Waals surface area contributed by atoms with Gasteiger partial charge < -0.3 is 9.47 Å². The van der Waals surface area contributed by atoms with Crippen LogP contribution in [0.25, 0.3) is 6.08 Å². The Morgan fingerprint density at radius 2 is 2.21 bits per heavy atom. The number of piperidine rings is 1. The van der Waals surface area contributed by atoms with Crippen molar-refractivity contribution in [3.63, 3.8) is 0 Å². The number of nitrogens with zero attached hydrogens (tertiary/aromatic N) is 2. The minimum absolute atomic E-state index is 0.217. The summed E-state index contributed by atoms with van der Waals surface area (Å²) >= 11 is 1.53. The van der Waals surface area contributed by atoms with E-state index in [2.05, 4.69) is 22.1 Å². The van der Waals surface area contributed by atoms with E-state index in [9.17, 15) is 4.79 Å². The monoisotopic (exact) mass is 401 g/mol. The lowest BCUT2D eigenvalue weighted by Crippen LogP contribution is -2.36. The number of thiazole rings is 1. The van der Waals surface area contributed by atoms with Gasteiger partial charge in [0.25, 0.3) is 0 Å². The van der Waals surface area contributed by atoms with Crippen LogP contribution in [0.4, 0.5) is 5.13 Å². The van der Waals surface area contributed by atoms with Crippen molar-refractivity contribution >= 4 is 28.5 Å². The molecule has 1 aliphatic rings. The molecule has 1 aliphatic heterocycles. The fraction of sp³-hybridized carbons (Fsp3) is 0.429. The number of anilines is 1. The molecule has 0 spiro atoms. The molecule has 0 bridgehead atoms. The molecule has 150 valence electrons. The van der Waals surface area contributed by atoms with Crippen LogP contribution in [-0.2, 0) is 11.3 Å². The molecule has 1 amide bonds. The van der Waals surface area contributed by atoms with Crippen molar-refractivity contribution in [1.82, 2.24) is 9.88 Å². The van der Waals surface area contributed by atoms with Gasteiger partial charge in [-0.05, 0) is 44.5 Å². The summed E-state index contributed by atoms with van der Waals surface area (Å²) in [6.07, 6.45) is 8.88. The highest BCUT2D eigenvalue weighted by Gasteiger charge is 2.19. The molecule has 1 fully saturated rings. The van der Waals surface area contributed by atoms with E-state index in [-0.39, 0.29) is 5.91 Å². The number of amides is 1. The lowest BCUT2D eigenvalue weighted by atomic mass is 10.0. The Morgan fingerprint density at radius 1 is 1.36 bits per heavy atom. The van der Waals surface area contributed by atoms with Crippen LogP contribution < -0.4 is 14.8 Å². The van der Waals surface area contributed by atoms with E-state index >= 15 is 0 Å². The van der Waals surface area contributed by atoms with Crippen molar-refractivity contribution in [2.75, 3.05) is 26.1 Å². The van der Waals surface area contributed by atoms with Gasteiger partial charge in [0.2, 0.25) is 5.91 Å². The predicted octanol–water partition coefficient (Wildman–Crippen LogP) is 4.19. The highest BCUT2D eigenvalue weighted by atomic mass is 32.1. The Balaban J connectivity index is 1.58. The molecular weight excluding hydrogens is 374 g/mol. The minimum atomic E-state index is -0.217. The molecule has 1 N–H and O–H groups in total. The number of benzene rings is 1. The van der Waals surface area contributed by atoms with E-state index < -0.39 is 0 Å². The van der Waals surface area contributed by atoms with Gasteiger partial charge in [0, 0.05) is 41.4 Å². The summed E-state index contributed by atoms with van der Waals surface area (Å²) in [6.45, 7) is 4.31. The highest BCUT2D eigenvalue weighted by Crippen LogP contribution is 2.26. The van der Waals surface area contributed by atoms with Crippen molar-refractivity contribution in [3.8, 4) is 11.5 Å². The number of carbonyl (C=O) groups is 1. The first kappa shape index (κ1) is 20.4. The van der Waals surface area contributed by atoms with Crippen molar-refractivity contribution in [2.45, 2.75) is 38.8 Å². The van der Waals surface area contributed by atoms with E-state index in [0.29, 0.717) is 22.7 Å². The summed E-state index contributed by atoms with van der Waals surface area (Å²) in [5.74, 6) is 1.14. The average Bonchev–Trinajstić information content (AvgIpc) is 3.14. The maximum atomic E-state index is 12.3. The molecule has 0 radical (unpaired) electrons. The first-order valence-corrected chi connectivity index (χ1v) is 10.3. The van der Waals surface area contributed by atoms with E-state index in [1.807, 2.05) is 18.3 Å². The Hall–Kier alpha value is -2.38. The van der Waals surface area contributed by atoms with Crippen molar-refractivity contribution in [2.24, 2.45) is 0 Å². The smallest absolute Gasteiger partial charge is 0.250 e. The second kappa shape index (κ2) is 9.71. The van der Waals surface area contributed by atoms with Gasteiger partial charge in [-0.2, -0.15) is 0 Å². The van der Waals surface area contributed by atoms with Crippen molar-refractivity contribution in [1.29, 1.82) is 0 Å². The summed E-state index contributed by atoms with van der Waals surface area (Å²) in [7, 11) is 3.19. The van der Waals surface area contributed by atoms with Gasteiger partial charge in [0.1, 0.15) is 11.5 Å². The normalized spacial score (nSPS) is 17.6. The number of hydrogen-bond donors (Lipinski definition) is 1. The first-order valence-electron chi connectivity index (χ1n) is 9.49. The quantitative estimate of drug-likeness (QED) is 0.705. The molecule has 2 aromatic rings. The Bertz CT molecular complexity index is 834. The van der Waals surface area contributed by atoms with Crippen LogP contribution in [0.5, 0.6) is 11.5 Å². The zero-order chi connectivity index (χ0) is 19.9. The molecule has 1 saturated heterocycles. The third kappa shape index (κ3) is 5.33. The standard InChI is InChI=1S/C21H27N3O3S/c1-15-6-4-5-11-24(15)14-18-13-22-21(28-18)23-20(25)10-8-16-7-9-17(26-2)12-19(16)27-3/h7-10,12-13,15H,4-6,11,14H2,1-3H3,(H,22,23,25)/b10-8+. The molecular formula is C21H27N3O3S. The van der Waals surface area contributed by atoms with Gasteiger partial charge in [-0.25, -0.2) is 4.98 Å². The zero-order valence-electron chi connectivity index (χ0n) is 16.6. The van der Waals surface area contributed by atoms with Gasteiger partial charge in [-0.1, -0.05) is 6.42 Å². The second-order valence-corrected chi connectivity index (χ2v) is 7.99. The maximum absolute atomic E-state index is 12.3. The summed E-state index contributed by atoms with van der Waals surface area (Å²) in [4.78, 5) is 20.3. The third-order valence-electron chi connectivity index (χ3n) is 4.94. The van der Waals surface area contributed by atoms with Crippen LogP contribution >= 0.6 is 11.3 Å². The van der Waals surface area contributed by atoms with Gasteiger partial charge in [0.05, 0.1) is 14.2 Å². The summed E-state index contributed by atoms with van der Waals surface area (Å²) < 4.78 is 10.5. The fourth-order valence-electron chi connectivity index (χ4n) is 3.30. The van der Waals surface area contributed by atoms with Crippen LogP contribution in [0.2, 0.25) is 0 Å². The molecule has 2 heterocycles. The molecule has 1 unspecified atom stereocenters. The summed E-state index contributed by atoms with van der Waals surface area (Å²) in [5.41, 5.74) is 0.803. The van der Waals surface area contributed by atoms with Gasteiger partial charge in [-0.15, -0.1) is 11.3 Å².